The Labute approximate surface area is 217 Å². The molecule has 0 unspecified atom stereocenters. The van der Waals surface area contributed by atoms with Gasteiger partial charge in [0.15, 0.2) is 0 Å². The molecule has 8 heteroatoms. The number of aromatic amines is 2. The van der Waals surface area contributed by atoms with E-state index in [4.69, 9.17) is 0 Å². The Hall–Kier alpha value is -4.85. The normalized spacial score (nSPS) is 13.6. The van der Waals surface area contributed by atoms with Gasteiger partial charge in [0.1, 0.15) is 11.5 Å². The predicted octanol–water partition coefficient (Wildman–Crippen LogP) is 6.71. The first-order valence-corrected chi connectivity index (χ1v) is 12.6. The largest absolute Gasteiger partial charge is 0.353 e. The molecule has 0 atom stereocenters. The van der Waals surface area contributed by atoms with Gasteiger partial charge in [-0.1, -0.05) is 36.8 Å². The van der Waals surface area contributed by atoms with E-state index in [9.17, 15) is 9.18 Å². The number of carbonyl (C=O) groups is 1. The van der Waals surface area contributed by atoms with Crippen molar-refractivity contribution in [3.63, 3.8) is 0 Å². The highest BCUT2D eigenvalue weighted by Gasteiger charge is 2.25. The van der Waals surface area contributed by atoms with Crippen molar-refractivity contribution in [2.75, 3.05) is 5.32 Å². The average Bonchev–Trinajstić information content (AvgIpc) is 3.52. The number of halogens is 1. The number of nitrogens with zero attached hydrogens (tertiary/aromatic N) is 3. The third kappa shape index (κ3) is 3.82. The Morgan fingerprint density at radius 2 is 1.79 bits per heavy atom. The molecular weight excluding hydrogens is 479 g/mol. The van der Waals surface area contributed by atoms with Crippen molar-refractivity contribution in [2.45, 2.75) is 19.3 Å². The maximum atomic E-state index is 14.6. The third-order valence-electron chi connectivity index (χ3n) is 7.31. The van der Waals surface area contributed by atoms with Gasteiger partial charge in [-0.3, -0.25) is 19.9 Å². The van der Waals surface area contributed by atoms with Gasteiger partial charge in [-0.25, -0.2) is 4.39 Å². The number of rotatable bonds is 5. The van der Waals surface area contributed by atoms with E-state index >= 15 is 0 Å². The molecule has 0 bridgehead atoms. The van der Waals surface area contributed by atoms with Crippen LogP contribution in [0.3, 0.4) is 0 Å². The van der Waals surface area contributed by atoms with Crippen LogP contribution in [0.4, 0.5) is 10.1 Å². The number of fused-ring (bicyclic) bond motifs is 2. The van der Waals surface area contributed by atoms with Crippen LogP contribution < -0.4 is 5.32 Å². The maximum Gasteiger partial charge on any atom is 0.227 e. The highest BCUT2D eigenvalue weighted by molar-refractivity contribution is 6.01. The molecule has 7 nitrogen and oxygen atoms in total. The number of hydrogen-bond donors (Lipinski definition) is 3. The van der Waals surface area contributed by atoms with Gasteiger partial charge in [0, 0.05) is 39.5 Å². The molecule has 0 saturated heterocycles. The molecule has 6 aromatic rings. The van der Waals surface area contributed by atoms with E-state index in [1.54, 1.807) is 30.7 Å². The minimum atomic E-state index is -0.261. The van der Waals surface area contributed by atoms with Gasteiger partial charge in [0.25, 0.3) is 0 Å². The fraction of sp³-hybridized carbons (Fsp3) is 0.133. The van der Waals surface area contributed by atoms with Gasteiger partial charge in [-0.15, -0.1) is 0 Å². The van der Waals surface area contributed by atoms with E-state index in [1.807, 2.05) is 42.5 Å². The molecule has 38 heavy (non-hydrogen) atoms. The van der Waals surface area contributed by atoms with Crippen LogP contribution >= 0.6 is 0 Å². The van der Waals surface area contributed by atoms with Crippen LogP contribution in [0.15, 0.2) is 79.3 Å². The van der Waals surface area contributed by atoms with Crippen molar-refractivity contribution in [3.8, 4) is 33.8 Å². The second-order valence-corrected chi connectivity index (χ2v) is 9.70. The quantitative estimate of drug-likeness (QED) is 0.244. The van der Waals surface area contributed by atoms with E-state index in [0.717, 1.165) is 69.3 Å². The minimum Gasteiger partial charge on any atom is -0.353 e. The van der Waals surface area contributed by atoms with Gasteiger partial charge < -0.3 is 10.3 Å². The molecule has 4 heterocycles. The molecule has 1 aliphatic rings. The third-order valence-corrected chi connectivity index (χ3v) is 7.31. The fourth-order valence-electron chi connectivity index (χ4n) is 5.04. The number of anilines is 1. The molecule has 0 radical (unpaired) electrons. The van der Waals surface area contributed by atoms with Crippen LogP contribution in [0, 0.1) is 11.7 Å². The molecule has 4 aromatic heterocycles. The Bertz CT molecular complexity index is 1830. The number of H-pyrrole nitrogens is 2. The summed E-state index contributed by atoms with van der Waals surface area (Å²) < 4.78 is 14.6. The summed E-state index contributed by atoms with van der Waals surface area (Å²) in [6.45, 7) is 0. The smallest absolute Gasteiger partial charge is 0.227 e. The number of aromatic nitrogens is 5. The summed E-state index contributed by atoms with van der Waals surface area (Å²) in [5.74, 6) is -0.121. The number of nitrogens with one attached hydrogen (secondary N) is 3. The summed E-state index contributed by atoms with van der Waals surface area (Å²) in [5, 5.41) is 12.4. The zero-order chi connectivity index (χ0) is 25.6. The molecule has 186 valence electrons. The molecule has 7 rings (SSSR count). The van der Waals surface area contributed by atoms with Gasteiger partial charge in [0.05, 0.1) is 35.0 Å². The fourth-order valence-corrected chi connectivity index (χ4v) is 5.04. The van der Waals surface area contributed by atoms with Crippen molar-refractivity contribution in [1.82, 2.24) is 25.1 Å². The number of pyridine rings is 2. The number of benzene rings is 2. The molecule has 1 saturated carbocycles. The molecule has 2 aromatic carbocycles. The zero-order valence-electron chi connectivity index (χ0n) is 20.3. The lowest BCUT2D eigenvalue weighted by Crippen LogP contribution is -2.28. The van der Waals surface area contributed by atoms with Crippen LogP contribution in [0.5, 0.6) is 0 Å². The minimum absolute atomic E-state index is 0.0456. The Balaban J connectivity index is 1.27. The van der Waals surface area contributed by atoms with E-state index < -0.39 is 0 Å². The number of hydrogen-bond acceptors (Lipinski definition) is 4. The van der Waals surface area contributed by atoms with Crippen molar-refractivity contribution in [2.24, 2.45) is 5.92 Å². The number of carbonyl (C=O) groups excluding carboxylic acids is 1. The monoisotopic (exact) mass is 502 g/mol. The van der Waals surface area contributed by atoms with Crippen LogP contribution in [-0.4, -0.2) is 31.1 Å². The van der Waals surface area contributed by atoms with E-state index in [1.165, 1.54) is 6.07 Å². The summed E-state index contributed by atoms with van der Waals surface area (Å²) in [6.07, 6.45) is 8.12. The topological polar surface area (TPSA) is 99.4 Å². The lowest BCUT2D eigenvalue weighted by atomic mass is 9.85. The number of amides is 1. The highest BCUT2D eigenvalue weighted by atomic mass is 19.1. The van der Waals surface area contributed by atoms with Crippen LogP contribution in [-0.2, 0) is 4.79 Å². The van der Waals surface area contributed by atoms with Gasteiger partial charge in [0.2, 0.25) is 5.91 Å². The lowest BCUT2D eigenvalue weighted by Gasteiger charge is -2.24. The van der Waals surface area contributed by atoms with Crippen molar-refractivity contribution in [1.29, 1.82) is 0 Å². The molecule has 0 spiro atoms. The average molecular weight is 503 g/mol. The van der Waals surface area contributed by atoms with Crippen molar-refractivity contribution in [3.05, 3.63) is 85.1 Å². The first kappa shape index (κ1) is 22.4. The van der Waals surface area contributed by atoms with Gasteiger partial charge in [-0.2, -0.15) is 5.10 Å². The zero-order valence-corrected chi connectivity index (χ0v) is 20.3. The summed E-state index contributed by atoms with van der Waals surface area (Å²) in [6, 6.07) is 18.5. The Kier molecular flexibility index (Phi) is 5.25. The predicted molar refractivity (Wildman–Crippen MR) is 146 cm³/mol. The molecule has 3 N–H and O–H groups in total. The van der Waals surface area contributed by atoms with E-state index in [-0.39, 0.29) is 17.6 Å². The SMILES string of the molecule is O=C(Nc1cncc(-c2cc3c(-c4cc5c(-c6ccccc6F)cccc5[nH]4)n[nH]c3cn2)c1)C1CCC1. The first-order chi connectivity index (χ1) is 18.6. The van der Waals surface area contributed by atoms with Crippen LogP contribution in [0.2, 0.25) is 0 Å². The van der Waals surface area contributed by atoms with Crippen molar-refractivity contribution < 1.29 is 9.18 Å². The lowest BCUT2D eigenvalue weighted by molar-refractivity contribution is -0.122. The maximum absolute atomic E-state index is 14.6. The second-order valence-electron chi connectivity index (χ2n) is 9.70. The highest BCUT2D eigenvalue weighted by Crippen LogP contribution is 2.36. The van der Waals surface area contributed by atoms with Gasteiger partial charge >= 0.3 is 0 Å². The standard InChI is InChI=1S/C30H23FN6O/c31-24-9-2-1-7-21(24)20-8-4-10-25-22(20)12-27(35-25)29-23-13-26(33-16-28(23)36-37-29)18-11-19(15-32-14-18)34-30(38)17-5-3-6-17/h1-2,4,7-17,35H,3,5-6H2,(H,34,38)(H,36,37). The molecule has 0 aliphatic heterocycles. The Morgan fingerprint density at radius 3 is 2.63 bits per heavy atom. The molecule has 1 aliphatic carbocycles. The molecule has 1 fully saturated rings. The molecule has 1 amide bonds. The molecular formula is C30H23FN6O. The van der Waals surface area contributed by atoms with Gasteiger partial charge in [-0.05, 0) is 48.7 Å². The first-order valence-electron chi connectivity index (χ1n) is 12.6. The van der Waals surface area contributed by atoms with Crippen molar-refractivity contribution >= 4 is 33.4 Å². The van der Waals surface area contributed by atoms with E-state index in [0.29, 0.717) is 11.3 Å². The Morgan fingerprint density at radius 1 is 0.921 bits per heavy atom. The van der Waals surface area contributed by atoms with Crippen LogP contribution in [0.1, 0.15) is 19.3 Å². The summed E-state index contributed by atoms with van der Waals surface area (Å²) in [5.41, 5.74) is 6.78. The summed E-state index contributed by atoms with van der Waals surface area (Å²) >= 11 is 0. The van der Waals surface area contributed by atoms with Crippen LogP contribution in [0.25, 0.3) is 55.6 Å². The summed E-state index contributed by atoms with van der Waals surface area (Å²) in [4.78, 5) is 24.8. The second kappa shape index (κ2) is 8.92. The van der Waals surface area contributed by atoms with E-state index in [2.05, 4.69) is 30.5 Å². The summed E-state index contributed by atoms with van der Waals surface area (Å²) in [7, 11) is 0.